The van der Waals surface area contributed by atoms with Crippen LogP contribution in [0.15, 0.2) is 40.9 Å². The van der Waals surface area contributed by atoms with Crippen molar-refractivity contribution in [3.8, 4) is 5.75 Å². The molecule has 3 rings (SSSR count). The van der Waals surface area contributed by atoms with E-state index >= 15 is 0 Å². The molecule has 1 aliphatic rings. The first-order chi connectivity index (χ1) is 10.2. The van der Waals surface area contributed by atoms with Crippen LogP contribution >= 0.6 is 15.9 Å². The lowest BCUT2D eigenvalue weighted by Crippen LogP contribution is -2.17. The molecular weight excluding hydrogens is 326 g/mol. The van der Waals surface area contributed by atoms with Crippen LogP contribution in [0.3, 0.4) is 0 Å². The van der Waals surface area contributed by atoms with Gasteiger partial charge in [-0.25, -0.2) is 0 Å². The summed E-state index contributed by atoms with van der Waals surface area (Å²) >= 11 is 3.69. The topological polar surface area (TPSA) is 21.3 Å². The molecule has 0 aromatic heterocycles. The average Bonchev–Trinajstić information content (AvgIpc) is 2.51. The van der Waals surface area contributed by atoms with Crippen molar-refractivity contribution >= 4 is 21.6 Å². The zero-order chi connectivity index (χ0) is 14.8. The molecule has 1 atom stereocenters. The molecule has 21 heavy (non-hydrogen) atoms. The summed E-state index contributed by atoms with van der Waals surface area (Å²) in [6.45, 7) is 2.12. The number of hydrogen-bond donors (Lipinski definition) is 1. The minimum atomic E-state index is 0.349. The van der Waals surface area contributed by atoms with Crippen LogP contribution in [0.5, 0.6) is 5.75 Å². The Bertz CT molecular complexity index is 654. The number of benzene rings is 2. The monoisotopic (exact) mass is 345 g/mol. The van der Waals surface area contributed by atoms with Gasteiger partial charge in [-0.2, -0.15) is 0 Å². The number of rotatable bonds is 3. The lowest BCUT2D eigenvalue weighted by atomic mass is 9.87. The van der Waals surface area contributed by atoms with E-state index in [-0.39, 0.29) is 0 Å². The van der Waals surface area contributed by atoms with Gasteiger partial charge in [-0.15, -0.1) is 0 Å². The van der Waals surface area contributed by atoms with Gasteiger partial charge >= 0.3 is 0 Å². The molecule has 0 fully saturated rings. The number of aryl methyl sites for hydroxylation is 2. The normalized spacial score (nSPS) is 17.2. The first-order valence-electron chi connectivity index (χ1n) is 7.37. The highest BCUT2D eigenvalue weighted by Gasteiger charge is 2.21. The maximum atomic E-state index is 5.38. The zero-order valence-electron chi connectivity index (χ0n) is 12.4. The smallest absolute Gasteiger partial charge is 0.119 e. The standard InChI is InChI=1S/C18H20BrNO/c1-12-5-3-8-17(18(12)19)20-16-7-4-6-13-9-10-14(21-2)11-15(13)16/h3,5,8-11,16,20H,4,6-7H2,1-2H3. The van der Waals surface area contributed by atoms with E-state index in [9.17, 15) is 0 Å². The van der Waals surface area contributed by atoms with Gasteiger partial charge in [0.1, 0.15) is 5.75 Å². The van der Waals surface area contributed by atoms with Crippen LogP contribution in [0.2, 0.25) is 0 Å². The molecule has 1 aliphatic carbocycles. The molecule has 110 valence electrons. The van der Waals surface area contributed by atoms with Gasteiger partial charge in [-0.3, -0.25) is 0 Å². The first-order valence-corrected chi connectivity index (χ1v) is 8.17. The minimum absolute atomic E-state index is 0.349. The lowest BCUT2D eigenvalue weighted by molar-refractivity contribution is 0.413. The fourth-order valence-corrected chi connectivity index (χ4v) is 3.38. The van der Waals surface area contributed by atoms with Gasteiger partial charge in [-0.1, -0.05) is 18.2 Å². The second kappa shape index (κ2) is 6.10. The predicted molar refractivity (Wildman–Crippen MR) is 91.2 cm³/mol. The number of ether oxygens (including phenoxy) is 1. The van der Waals surface area contributed by atoms with Crippen molar-refractivity contribution in [2.75, 3.05) is 12.4 Å². The summed E-state index contributed by atoms with van der Waals surface area (Å²) in [5.74, 6) is 0.936. The first kappa shape index (κ1) is 14.5. The third kappa shape index (κ3) is 2.93. The predicted octanol–water partition coefficient (Wildman–Crippen LogP) is 5.26. The molecule has 0 saturated heterocycles. The van der Waals surface area contributed by atoms with Crippen LogP contribution in [-0.2, 0) is 6.42 Å². The van der Waals surface area contributed by atoms with Gasteiger partial charge in [-0.05, 0) is 77.0 Å². The van der Waals surface area contributed by atoms with Crippen LogP contribution in [0, 0.1) is 6.92 Å². The van der Waals surface area contributed by atoms with E-state index in [2.05, 4.69) is 64.6 Å². The lowest BCUT2D eigenvalue weighted by Gasteiger charge is -2.28. The molecule has 0 spiro atoms. The Morgan fingerprint density at radius 2 is 2.10 bits per heavy atom. The van der Waals surface area contributed by atoms with E-state index in [1.165, 1.54) is 23.1 Å². The van der Waals surface area contributed by atoms with E-state index in [0.29, 0.717) is 6.04 Å². The van der Waals surface area contributed by atoms with Gasteiger partial charge in [0.15, 0.2) is 0 Å². The van der Waals surface area contributed by atoms with E-state index < -0.39 is 0 Å². The number of hydrogen-bond acceptors (Lipinski definition) is 2. The summed E-state index contributed by atoms with van der Waals surface area (Å²) in [6, 6.07) is 13.1. The SMILES string of the molecule is COc1ccc2c(c1)C(Nc1cccc(C)c1Br)CCC2. The fraction of sp³-hybridized carbons (Fsp3) is 0.333. The molecule has 1 unspecified atom stereocenters. The van der Waals surface area contributed by atoms with Gasteiger partial charge in [0.05, 0.1) is 13.2 Å². The van der Waals surface area contributed by atoms with E-state index in [1.807, 2.05) is 0 Å². The highest BCUT2D eigenvalue weighted by Crippen LogP contribution is 2.36. The molecule has 2 aromatic rings. The van der Waals surface area contributed by atoms with Crippen molar-refractivity contribution in [1.29, 1.82) is 0 Å². The van der Waals surface area contributed by atoms with Crippen molar-refractivity contribution in [2.45, 2.75) is 32.2 Å². The summed E-state index contributed by atoms with van der Waals surface area (Å²) < 4.78 is 6.54. The van der Waals surface area contributed by atoms with Crippen LogP contribution in [0.1, 0.15) is 35.6 Å². The van der Waals surface area contributed by atoms with E-state index in [4.69, 9.17) is 4.74 Å². The number of nitrogens with one attached hydrogen (secondary N) is 1. The van der Waals surface area contributed by atoms with Crippen molar-refractivity contribution < 1.29 is 4.74 Å². The third-order valence-corrected chi connectivity index (χ3v) is 5.24. The molecule has 3 heteroatoms. The molecule has 0 saturated carbocycles. The van der Waals surface area contributed by atoms with Crippen LogP contribution < -0.4 is 10.1 Å². The Balaban J connectivity index is 1.93. The van der Waals surface area contributed by atoms with Gasteiger partial charge in [0.2, 0.25) is 0 Å². The molecule has 0 amide bonds. The summed E-state index contributed by atoms with van der Waals surface area (Å²) in [4.78, 5) is 0. The molecule has 0 heterocycles. The molecule has 0 bridgehead atoms. The number of anilines is 1. The van der Waals surface area contributed by atoms with Crippen molar-refractivity contribution in [3.63, 3.8) is 0 Å². The Morgan fingerprint density at radius 3 is 2.90 bits per heavy atom. The molecule has 2 nitrogen and oxygen atoms in total. The van der Waals surface area contributed by atoms with Crippen LogP contribution in [0.4, 0.5) is 5.69 Å². The highest BCUT2D eigenvalue weighted by molar-refractivity contribution is 9.10. The van der Waals surface area contributed by atoms with Gasteiger partial charge < -0.3 is 10.1 Å². The average molecular weight is 346 g/mol. The fourth-order valence-electron chi connectivity index (χ4n) is 3.00. The van der Waals surface area contributed by atoms with Crippen molar-refractivity contribution in [1.82, 2.24) is 0 Å². The second-order valence-corrected chi connectivity index (χ2v) is 6.38. The molecular formula is C18H20BrNO. The maximum absolute atomic E-state index is 5.38. The van der Waals surface area contributed by atoms with Crippen LogP contribution in [0.25, 0.3) is 0 Å². The van der Waals surface area contributed by atoms with Gasteiger partial charge in [0.25, 0.3) is 0 Å². The van der Waals surface area contributed by atoms with Gasteiger partial charge in [0, 0.05) is 10.2 Å². The Hall–Kier alpha value is -1.48. The van der Waals surface area contributed by atoms with E-state index in [0.717, 1.165) is 28.8 Å². The maximum Gasteiger partial charge on any atom is 0.119 e. The molecule has 1 N–H and O–H groups in total. The molecule has 0 aliphatic heterocycles. The molecule has 2 aromatic carbocycles. The van der Waals surface area contributed by atoms with Crippen LogP contribution in [-0.4, -0.2) is 7.11 Å². The van der Waals surface area contributed by atoms with E-state index in [1.54, 1.807) is 7.11 Å². The molecule has 0 radical (unpaired) electrons. The quantitative estimate of drug-likeness (QED) is 0.819. The van der Waals surface area contributed by atoms with Crippen molar-refractivity contribution in [3.05, 3.63) is 57.6 Å². The second-order valence-electron chi connectivity index (χ2n) is 5.59. The third-order valence-electron chi connectivity index (χ3n) is 4.19. The largest absolute Gasteiger partial charge is 0.497 e. The Morgan fingerprint density at radius 1 is 1.24 bits per heavy atom. The number of halogens is 1. The van der Waals surface area contributed by atoms with Crippen molar-refractivity contribution in [2.24, 2.45) is 0 Å². The minimum Gasteiger partial charge on any atom is -0.497 e. The summed E-state index contributed by atoms with van der Waals surface area (Å²) in [5.41, 5.74) is 5.22. The zero-order valence-corrected chi connectivity index (χ0v) is 14.0. The number of fused-ring (bicyclic) bond motifs is 1. The number of methoxy groups -OCH3 is 1. The highest BCUT2D eigenvalue weighted by atomic mass is 79.9. The Labute approximate surface area is 134 Å². The summed E-state index contributed by atoms with van der Waals surface area (Å²) in [7, 11) is 1.73. The summed E-state index contributed by atoms with van der Waals surface area (Å²) in [6.07, 6.45) is 3.54. The Kier molecular flexibility index (Phi) is 4.20. The summed E-state index contributed by atoms with van der Waals surface area (Å²) in [5, 5.41) is 3.70.